The molecule has 0 amide bonds. The number of hydrogen-bond acceptors (Lipinski definition) is 3. The molecule has 134 valence electrons. The summed E-state index contributed by atoms with van der Waals surface area (Å²) >= 11 is 0. The van der Waals surface area contributed by atoms with E-state index < -0.39 is 11.7 Å². The van der Waals surface area contributed by atoms with Crippen molar-refractivity contribution in [3.63, 3.8) is 0 Å². The lowest BCUT2D eigenvalue weighted by Gasteiger charge is -2.19. The predicted molar refractivity (Wildman–Crippen MR) is 97.9 cm³/mol. The number of alkyl halides is 3. The number of anilines is 2. The zero-order valence-corrected chi connectivity index (χ0v) is 14.2. The number of fused-ring (bicyclic) bond motifs is 3. The van der Waals surface area contributed by atoms with Crippen molar-refractivity contribution in [3.8, 4) is 6.07 Å². The molecule has 1 aromatic heterocycles. The molecule has 0 aliphatic heterocycles. The maximum Gasteiger partial charge on any atom is 0.420 e. The summed E-state index contributed by atoms with van der Waals surface area (Å²) in [5, 5.41) is 9.97. The largest absolute Gasteiger partial charge is 0.453 e. The summed E-state index contributed by atoms with van der Waals surface area (Å²) in [4.78, 5) is 1.82. The van der Waals surface area contributed by atoms with Crippen LogP contribution in [0.15, 0.2) is 65.1 Å². The summed E-state index contributed by atoms with van der Waals surface area (Å²) in [6, 6.07) is 18.3. The van der Waals surface area contributed by atoms with Crippen LogP contribution in [0.25, 0.3) is 21.9 Å². The van der Waals surface area contributed by atoms with Gasteiger partial charge in [-0.05, 0) is 36.4 Å². The molecule has 4 rings (SSSR count). The van der Waals surface area contributed by atoms with E-state index in [2.05, 4.69) is 6.07 Å². The first kappa shape index (κ1) is 17.0. The van der Waals surface area contributed by atoms with Crippen molar-refractivity contribution in [2.24, 2.45) is 0 Å². The standard InChI is InChI=1S/C21H13F3N2O/c1-26(14-10-8-13(12-25)9-11-14)18-7-3-5-16-15-4-2-6-17(21(22,23)24)19(15)27-20(16)18/h2-11H,1H3. The maximum absolute atomic E-state index is 13.3. The van der Waals surface area contributed by atoms with Crippen molar-refractivity contribution >= 4 is 33.3 Å². The zero-order valence-electron chi connectivity index (χ0n) is 14.2. The van der Waals surface area contributed by atoms with Gasteiger partial charge in [0.1, 0.15) is 5.58 Å². The lowest BCUT2D eigenvalue weighted by molar-refractivity contribution is -0.136. The lowest BCUT2D eigenvalue weighted by atomic mass is 10.1. The molecule has 0 bridgehead atoms. The Morgan fingerprint density at radius 3 is 2.15 bits per heavy atom. The summed E-state index contributed by atoms with van der Waals surface area (Å²) in [5.41, 5.74) is 1.39. The van der Waals surface area contributed by atoms with Crippen molar-refractivity contribution in [2.75, 3.05) is 11.9 Å². The molecule has 0 radical (unpaired) electrons. The molecule has 3 aromatic carbocycles. The van der Waals surface area contributed by atoms with Gasteiger partial charge >= 0.3 is 6.18 Å². The molecular weight excluding hydrogens is 353 g/mol. The summed E-state index contributed by atoms with van der Waals surface area (Å²) in [6.07, 6.45) is -4.49. The van der Waals surface area contributed by atoms with Crippen molar-refractivity contribution in [3.05, 3.63) is 71.8 Å². The van der Waals surface area contributed by atoms with Crippen molar-refractivity contribution in [2.45, 2.75) is 6.18 Å². The van der Waals surface area contributed by atoms with Gasteiger partial charge in [0.2, 0.25) is 0 Å². The molecule has 0 aliphatic rings. The number of para-hydroxylation sites is 2. The Bertz CT molecular complexity index is 1180. The number of hydrogen-bond donors (Lipinski definition) is 0. The highest BCUT2D eigenvalue weighted by Gasteiger charge is 2.34. The lowest BCUT2D eigenvalue weighted by Crippen LogP contribution is -2.09. The van der Waals surface area contributed by atoms with Crippen molar-refractivity contribution in [1.82, 2.24) is 0 Å². The van der Waals surface area contributed by atoms with Gasteiger partial charge < -0.3 is 9.32 Å². The number of benzene rings is 3. The third kappa shape index (κ3) is 2.77. The Morgan fingerprint density at radius 1 is 0.889 bits per heavy atom. The van der Waals surface area contributed by atoms with Crippen LogP contribution in [0, 0.1) is 11.3 Å². The van der Waals surface area contributed by atoms with Gasteiger partial charge in [-0.15, -0.1) is 0 Å². The van der Waals surface area contributed by atoms with Crippen LogP contribution in [-0.2, 0) is 6.18 Å². The Kier molecular flexibility index (Phi) is 3.81. The highest BCUT2D eigenvalue weighted by atomic mass is 19.4. The minimum absolute atomic E-state index is 0.166. The van der Waals surface area contributed by atoms with Gasteiger partial charge in [0.25, 0.3) is 0 Å². The summed E-state index contributed by atoms with van der Waals surface area (Å²) in [7, 11) is 1.80. The summed E-state index contributed by atoms with van der Waals surface area (Å²) < 4.78 is 45.7. The molecule has 1 heterocycles. The molecule has 4 aromatic rings. The van der Waals surface area contributed by atoms with Gasteiger partial charge in [0, 0.05) is 23.5 Å². The van der Waals surface area contributed by atoms with Crippen LogP contribution in [0.4, 0.5) is 24.5 Å². The Labute approximate surface area is 152 Å². The van der Waals surface area contributed by atoms with E-state index in [9.17, 15) is 13.2 Å². The van der Waals surface area contributed by atoms with E-state index in [0.717, 1.165) is 11.8 Å². The fraction of sp³-hybridized carbons (Fsp3) is 0.0952. The van der Waals surface area contributed by atoms with E-state index in [0.29, 0.717) is 27.6 Å². The third-order valence-electron chi connectivity index (χ3n) is 4.55. The molecular formula is C21H13F3N2O. The van der Waals surface area contributed by atoms with Crippen molar-refractivity contribution < 1.29 is 17.6 Å². The van der Waals surface area contributed by atoms with Crippen LogP contribution in [0.1, 0.15) is 11.1 Å². The first-order chi connectivity index (χ1) is 12.9. The van der Waals surface area contributed by atoms with Gasteiger partial charge in [0.15, 0.2) is 5.58 Å². The van der Waals surface area contributed by atoms with E-state index in [1.54, 1.807) is 55.6 Å². The van der Waals surface area contributed by atoms with Crippen molar-refractivity contribution in [1.29, 1.82) is 5.26 Å². The van der Waals surface area contributed by atoms with Crippen LogP contribution in [0.2, 0.25) is 0 Å². The van der Waals surface area contributed by atoms with Crippen LogP contribution >= 0.6 is 0 Å². The first-order valence-corrected chi connectivity index (χ1v) is 8.15. The highest BCUT2D eigenvalue weighted by Crippen LogP contribution is 2.42. The number of nitriles is 1. The first-order valence-electron chi connectivity index (χ1n) is 8.15. The second-order valence-electron chi connectivity index (χ2n) is 6.15. The SMILES string of the molecule is CN(c1ccc(C#N)cc1)c1cccc2c1oc1c(C(F)(F)F)cccc12. The van der Waals surface area contributed by atoms with Gasteiger partial charge in [-0.2, -0.15) is 18.4 Å². The third-order valence-corrected chi connectivity index (χ3v) is 4.55. The van der Waals surface area contributed by atoms with E-state index in [-0.39, 0.29) is 5.58 Å². The van der Waals surface area contributed by atoms with Gasteiger partial charge in [-0.25, -0.2) is 0 Å². The molecule has 0 atom stereocenters. The van der Waals surface area contributed by atoms with Gasteiger partial charge in [-0.3, -0.25) is 0 Å². The Balaban J connectivity index is 1.93. The Hall–Kier alpha value is -3.46. The zero-order chi connectivity index (χ0) is 19.2. The minimum Gasteiger partial charge on any atom is -0.453 e. The monoisotopic (exact) mass is 366 g/mol. The van der Waals surface area contributed by atoms with Crippen LogP contribution < -0.4 is 4.90 Å². The molecule has 6 heteroatoms. The van der Waals surface area contributed by atoms with E-state index in [1.807, 2.05) is 4.90 Å². The second kappa shape index (κ2) is 6.06. The maximum atomic E-state index is 13.3. The van der Waals surface area contributed by atoms with Crippen LogP contribution in [-0.4, -0.2) is 7.05 Å². The molecule has 3 nitrogen and oxygen atoms in total. The molecule has 0 aliphatic carbocycles. The normalized spacial score (nSPS) is 11.7. The average molecular weight is 366 g/mol. The molecule has 27 heavy (non-hydrogen) atoms. The average Bonchev–Trinajstić information content (AvgIpc) is 3.05. The summed E-state index contributed by atoms with van der Waals surface area (Å²) in [6.45, 7) is 0. The minimum atomic E-state index is -4.49. The molecule has 0 fully saturated rings. The second-order valence-corrected chi connectivity index (χ2v) is 6.15. The van der Waals surface area contributed by atoms with Gasteiger partial charge in [0.05, 0.1) is 22.9 Å². The fourth-order valence-corrected chi connectivity index (χ4v) is 3.19. The molecule has 0 N–H and O–H groups in total. The Morgan fingerprint density at radius 2 is 1.52 bits per heavy atom. The van der Waals surface area contributed by atoms with Crippen LogP contribution in [0.5, 0.6) is 0 Å². The van der Waals surface area contributed by atoms with Gasteiger partial charge in [-0.1, -0.05) is 24.3 Å². The molecule has 0 saturated heterocycles. The smallest absolute Gasteiger partial charge is 0.420 e. The number of rotatable bonds is 2. The molecule has 0 saturated carbocycles. The molecule has 0 spiro atoms. The fourth-order valence-electron chi connectivity index (χ4n) is 3.19. The predicted octanol–water partition coefficient (Wildman–Crippen LogP) is 6.24. The van der Waals surface area contributed by atoms with E-state index >= 15 is 0 Å². The topological polar surface area (TPSA) is 40.2 Å². The van der Waals surface area contributed by atoms with E-state index in [4.69, 9.17) is 9.68 Å². The summed E-state index contributed by atoms with van der Waals surface area (Å²) in [5.74, 6) is 0. The quantitative estimate of drug-likeness (QED) is 0.421. The van der Waals surface area contributed by atoms with Crippen LogP contribution in [0.3, 0.4) is 0 Å². The van der Waals surface area contributed by atoms with E-state index in [1.165, 1.54) is 6.07 Å². The number of halogens is 3. The number of nitrogens with zero attached hydrogens (tertiary/aromatic N) is 2. The molecule has 0 unspecified atom stereocenters. The highest BCUT2D eigenvalue weighted by molar-refractivity contribution is 6.10. The number of furan rings is 1.